The second-order valence-corrected chi connectivity index (χ2v) is 5.28. The molecule has 1 N–H and O–H groups in total. The number of carbonyl (C=O) groups excluding carboxylic acids is 1. The summed E-state index contributed by atoms with van der Waals surface area (Å²) in [6, 6.07) is 9.74. The van der Waals surface area contributed by atoms with Crippen LogP contribution in [0.4, 0.5) is 18.9 Å². The van der Waals surface area contributed by atoms with Gasteiger partial charge in [-0.15, -0.1) is 0 Å². The van der Waals surface area contributed by atoms with Crippen molar-refractivity contribution in [3.8, 4) is 5.75 Å². The van der Waals surface area contributed by atoms with Crippen LogP contribution in [0.1, 0.15) is 10.4 Å². The van der Waals surface area contributed by atoms with Crippen LogP contribution in [0, 0.1) is 5.82 Å². The molecule has 0 aliphatic carbocycles. The Kier molecular flexibility index (Phi) is 5.81. The number of hydrogen-bond acceptors (Lipinski definition) is 3. The first-order chi connectivity index (χ1) is 11.0. The average Bonchev–Trinajstić information content (AvgIpc) is 2.49. The number of rotatable bonds is 6. The molecule has 23 heavy (non-hydrogen) atoms. The molecular weight excluding hydrogens is 375 g/mol. The molecule has 0 atom stereocenters. The molecule has 7 heteroatoms. The van der Waals surface area contributed by atoms with E-state index in [0.29, 0.717) is 10.0 Å². The second kappa shape index (κ2) is 7.82. The Balaban J connectivity index is 1.98. The van der Waals surface area contributed by atoms with E-state index in [-0.39, 0.29) is 17.2 Å². The molecule has 0 saturated heterocycles. The quantitative estimate of drug-likeness (QED) is 0.561. The Labute approximate surface area is 138 Å². The van der Waals surface area contributed by atoms with Gasteiger partial charge < -0.3 is 10.1 Å². The van der Waals surface area contributed by atoms with E-state index in [9.17, 15) is 18.0 Å². The van der Waals surface area contributed by atoms with E-state index >= 15 is 0 Å². The molecule has 0 bridgehead atoms. The second-order valence-electron chi connectivity index (χ2n) is 4.37. The largest absolute Gasteiger partial charge is 0.435 e. The molecule has 0 radical (unpaired) electrons. The van der Waals surface area contributed by atoms with Gasteiger partial charge in [-0.25, -0.2) is 4.39 Å². The van der Waals surface area contributed by atoms with E-state index in [1.54, 1.807) is 6.07 Å². The summed E-state index contributed by atoms with van der Waals surface area (Å²) >= 11 is 3.14. The molecular formula is C16H11BrF3NO2. The van der Waals surface area contributed by atoms with Crippen LogP contribution in [0.15, 0.2) is 59.2 Å². The van der Waals surface area contributed by atoms with Gasteiger partial charge in [-0.1, -0.05) is 15.9 Å². The normalized spacial score (nSPS) is 11.0. The molecule has 3 nitrogen and oxygen atoms in total. The molecule has 2 aromatic rings. The lowest BCUT2D eigenvalue weighted by atomic mass is 10.1. The van der Waals surface area contributed by atoms with Gasteiger partial charge >= 0.3 is 6.61 Å². The van der Waals surface area contributed by atoms with E-state index in [2.05, 4.69) is 26.0 Å². The summed E-state index contributed by atoms with van der Waals surface area (Å²) in [5, 5.41) is 2.66. The molecule has 0 heterocycles. The Hall–Kier alpha value is -2.28. The molecule has 0 unspecified atom stereocenters. The fourth-order valence-electron chi connectivity index (χ4n) is 1.71. The first-order valence-electron chi connectivity index (χ1n) is 6.43. The van der Waals surface area contributed by atoms with Gasteiger partial charge in [0.2, 0.25) is 0 Å². The van der Waals surface area contributed by atoms with Crippen molar-refractivity contribution < 1.29 is 22.7 Å². The SMILES string of the molecule is O=C(/C=C/Nc1ccc(Br)cc1F)c1ccc(OC(F)F)cc1. The number of halogens is 4. The predicted molar refractivity (Wildman–Crippen MR) is 84.3 cm³/mol. The number of hydrogen-bond donors (Lipinski definition) is 1. The summed E-state index contributed by atoms with van der Waals surface area (Å²) in [5.74, 6) is -0.862. The summed E-state index contributed by atoms with van der Waals surface area (Å²) in [5.41, 5.74) is 0.513. The number of alkyl halides is 2. The first-order valence-corrected chi connectivity index (χ1v) is 7.22. The summed E-state index contributed by atoms with van der Waals surface area (Å²) in [4.78, 5) is 11.9. The Bertz CT molecular complexity index is 718. The van der Waals surface area contributed by atoms with Crippen LogP contribution in [-0.4, -0.2) is 12.4 Å². The van der Waals surface area contributed by atoms with Gasteiger partial charge in [0.25, 0.3) is 0 Å². The zero-order valence-electron chi connectivity index (χ0n) is 11.6. The lowest BCUT2D eigenvalue weighted by molar-refractivity contribution is -0.0498. The summed E-state index contributed by atoms with van der Waals surface area (Å²) in [6.45, 7) is -2.92. The fraction of sp³-hybridized carbons (Fsp3) is 0.0625. The van der Waals surface area contributed by atoms with Crippen LogP contribution < -0.4 is 10.1 Å². The maximum atomic E-state index is 13.6. The molecule has 0 amide bonds. The Morgan fingerprint density at radius 1 is 1.17 bits per heavy atom. The summed E-state index contributed by atoms with van der Waals surface area (Å²) in [6.07, 6.45) is 2.52. The minimum absolute atomic E-state index is 0.0319. The van der Waals surface area contributed by atoms with Crippen molar-refractivity contribution in [3.63, 3.8) is 0 Å². The van der Waals surface area contributed by atoms with E-state index in [1.807, 2.05) is 0 Å². The Morgan fingerprint density at radius 3 is 2.48 bits per heavy atom. The molecule has 120 valence electrons. The average molecular weight is 386 g/mol. The lowest BCUT2D eigenvalue weighted by Gasteiger charge is -2.04. The van der Waals surface area contributed by atoms with E-state index in [1.165, 1.54) is 48.7 Å². The standard InChI is InChI=1S/C16H11BrF3NO2/c17-11-3-6-14(13(18)9-11)21-8-7-15(22)10-1-4-12(5-2-10)23-16(19)20/h1-9,16,21H/b8-7+. The lowest BCUT2D eigenvalue weighted by Crippen LogP contribution is -2.02. The molecule has 0 spiro atoms. The van der Waals surface area contributed by atoms with E-state index in [0.717, 1.165) is 0 Å². The van der Waals surface area contributed by atoms with Gasteiger partial charge in [-0.2, -0.15) is 8.78 Å². The van der Waals surface area contributed by atoms with Crippen molar-refractivity contribution in [2.75, 3.05) is 5.32 Å². The molecule has 0 fully saturated rings. The van der Waals surface area contributed by atoms with Crippen molar-refractivity contribution in [2.45, 2.75) is 6.61 Å². The highest BCUT2D eigenvalue weighted by molar-refractivity contribution is 9.10. The molecule has 0 aliphatic heterocycles. The van der Waals surface area contributed by atoms with Crippen LogP contribution in [0.3, 0.4) is 0 Å². The van der Waals surface area contributed by atoms with Crippen molar-refractivity contribution in [3.05, 3.63) is 70.6 Å². The minimum atomic E-state index is -2.92. The number of nitrogens with one attached hydrogen (secondary N) is 1. The predicted octanol–water partition coefficient (Wildman–Crippen LogP) is 5.00. The van der Waals surface area contributed by atoms with Gasteiger partial charge in [-0.05, 0) is 42.5 Å². The highest BCUT2D eigenvalue weighted by Crippen LogP contribution is 2.19. The van der Waals surface area contributed by atoms with Crippen LogP contribution in [0.5, 0.6) is 5.75 Å². The number of ketones is 1. The van der Waals surface area contributed by atoms with Gasteiger partial charge in [-0.3, -0.25) is 4.79 Å². The molecule has 0 aliphatic rings. The van der Waals surface area contributed by atoms with Gasteiger partial charge in [0.1, 0.15) is 11.6 Å². The highest BCUT2D eigenvalue weighted by atomic mass is 79.9. The number of allylic oxidation sites excluding steroid dienone is 1. The van der Waals surface area contributed by atoms with Crippen molar-refractivity contribution >= 4 is 27.4 Å². The number of ether oxygens (including phenoxy) is 1. The maximum Gasteiger partial charge on any atom is 0.387 e. The molecule has 0 aromatic heterocycles. The topological polar surface area (TPSA) is 38.3 Å². The van der Waals surface area contributed by atoms with Crippen molar-refractivity contribution in [1.82, 2.24) is 0 Å². The van der Waals surface area contributed by atoms with E-state index < -0.39 is 12.4 Å². The van der Waals surface area contributed by atoms with Crippen LogP contribution >= 0.6 is 15.9 Å². The van der Waals surface area contributed by atoms with Crippen LogP contribution in [0.25, 0.3) is 0 Å². The zero-order valence-corrected chi connectivity index (χ0v) is 13.2. The maximum absolute atomic E-state index is 13.6. The summed E-state index contributed by atoms with van der Waals surface area (Å²) < 4.78 is 42.4. The third kappa shape index (κ3) is 5.14. The summed E-state index contributed by atoms with van der Waals surface area (Å²) in [7, 11) is 0. The van der Waals surface area contributed by atoms with Gasteiger partial charge in [0.05, 0.1) is 5.69 Å². The number of anilines is 1. The molecule has 0 saturated carbocycles. The van der Waals surface area contributed by atoms with Crippen LogP contribution in [-0.2, 0) is 0 Å². The first kappa shape index (κ1) is 17.1. The minimum Gasteiger partial charge on any atom is -0.435 e. The molecule has 2 rings (SSSR count). The smallest absolute Gasteiger partial charge is 0.387 e. The fourth-order valence-corrected chi connectivity index (χ4v) is 2.04. The van der Waals surface area contributed by atoms with Crippen molar-refractivity contribution in [2.24, 2.45) is 0 Å². The number of benzene rings is 2. The van der Waals surface area contributed by atoms with Gasteiger partial charge in [0, 0.05) is 22.3 Å². The zero-order chi connectivity index (χ0) is 16.8. The van der Waals surface area contributed by atoms with Gasteiger partial charge in [0.15, 0.2) is 5.78 Å². The van der Waals surface area contributed by atoms with E-state index in [4.69, 9.17) is 0 Å². The van der Waals surface area contributed by atoms with Crippen molar-refractivity contribution in [1.29, 1.82) is 0 Å². The molecule has 2 aromatic carbocycles. The van der Waals surface area contributed by atoms with Crippen LogP contribution in [0.2, 0.25) is 0 Å². The monoisotopic (exact) mass is 385 g/mol. The Morgan fingerprint density at radius 2 is 1.87 bits per heavy atom. The number of carbonyl (C=O) groups is 1. The highest BCUT2D eigenvalue weighted by Gasteiger charge is 2.06. The third-order valence-electron chi connectivity index (χ3n) is 2.77. The third-order valence-corrected chi connectivity index (χ3v) is 3.26.